The maximum absolute atomic E-state index is 2.31. The van der Waals surface area contributed by atoms with Crippen LogP contribution < -0.4 is 0 Å². The molecule has 0 nitrogen and oxygen atoms in total. The topological polar surface area (TPSA) is 0 Å². The summed E-state index contributed by atoms with van der Waals surface area (Å²) in [6.45, 7) is 13.3. The number of hydrogen-bond donors (Lipinski definition) is 0. The molecule has 0 radical (unpaired) electrons. The van der Waals surface area contributed by atoms with Crippen molar-refractivity contribution in [3.63, 3.8) is 0 Å². The zero-order chi connectivity index (χ0) is 23.3. The monoisotopic (exact) mass is 510 g/mol. The molecule has 2 heteroatoms. The molecule has 0 bridgehead atoms. The maximum atomic E-state index is 2.31. The van der Waals surface area contributed by atoms with E-state index in [1.54, 1.807) is 23.3 Å². The van der Waals surface area contributed by atoms with Gasteiger partial charge in [-0.05, 0) is 5.39 Å². The fourth-order valence-electron chi connectivity index (χ4n) is 3.89. The molecule has 0 unspecified atom stereocenters. The summed E-state index contributed by atoms with van der Waals surface area (Å²) in [5, 5.41) is 5.26. The number of rotatable bonds is 1. The summed E-state index contributed by atoms with van der Waals surface area (Å²) in [7, 11) is 0. The van der Waals surface area contributed by atoms with Gasteiger partial charge in [0.1, 0.15) is 0 Å². The van der Waals surface area contributed by atoms with Crippen molar-refractivity contribution in [1.29, 1.82) is 0 Å². The Hall–Kier alpha value is -2.02. The van der Waals surface area contributed by atoms with Crippen molar-refractivity contribution in [3.05, 3.63) is 107 Å². The van der Waals surface area contributed by atoms with Crippen LogP contribution in [0.4, 0.5) is 0 Å². The van der Waals surface area contributed by atoms with E-state index in [0.717, 1.165) is 0 Å². The van der Waals surface area contributed by atoms with Crippen LogP contribution in [0.25, 0.3) is 32.7 Å². The Morgan fingerprint density at radius 2 is 1.22 bits per heavy atom. The van der Waals surface area contributed by atoms with Gasteiger partial charge in [0.15, 0.2) is 0 Å². The molecule has 5 aromatic rings. The Labute approximate surface area is 208 Å². The van der Waals surface area contributed by atoms with Crippen molar-refractivity contribution in [2.24, 2.45) is 0 Å². The fraction of sp³-hybridized carbons (Fsp3) is 0.200. The van der Waals surface area contributed by atoms with E-state index in [9.17, 15) is 0 Å². The van der Waals surface area contributed by atoms with E-state index in [-0.39, 0.29) is 5.43 Å². The molecule has 0 aliphatic carbocycles. The molecule has 5 rings (SSSR count). The zero-order valence-corrected chi connectivity index (χ0v) is 23.5. The Morgan fingerprint density at radius 1 is 0.719 bits per heavy atom. The van der Waals surface area contributed by atoms with E-state index in [2.05, 4.69) is 126 Å². The minimum absolute atomic E-state index is 0.210. The van der Waals surface area contributed by atoms with Crippen LogP contribution in [-0.2, 0) is 23.3 Å². The van der Waals surface area contributed by atoms with Gasteiger partial charge in [-0.2, -0.15) is 28.3 Å². The Morgan fingerprint density at radius 3 is 1.72 bits per heavy atom. The summed E-state index contributed by atoms with van der Waals surface area (Å²) in [6, 6.07) is 30.4. The van der Waals surface area contributed by atoms with Crippen LogP contribution in [0.15, 0.2) is 84.9 Å². The molecule has 0 spiro atoms. The molecule has 160 valence electrons. The van der Waals surface area contributed by atoms with Crippen LogP contribution in [0.5, 0.6) is 0 Å². The van der Waals surface area contributed by atoms with Crippen molar-refractivity contribution < 1.29 is 23.3 Å². The first-order chi connectivity index (χ1) is 15.3. The van der Waals surface area contributed by atoms with E-state index in [0.29, 0.717) is 0 Å². The summed E-state index contributed by atoms with van der Waals surface area (Å²) in [6.07, 6.45) is 0. The second kappa shape index (κ2) is 11.2. The molecule has 0 aromatic heterocycles. The van der Waals surface area contributed by atoms with Gasteiger partial charge in [0.05, 0.1) is 0 Å². The first kappa shape index (κ1) is 24.6. The summed E-state index contributed by atoms with van der Waals surface area (Å²) >= 11 is 1.74. The molecule has 0 amide bonds. The molecule has 32 heavy (non-hydrogen) atoms. The quantitative estimate of drug-likeness (QED) is 0.156. The normalized spacial score (nSPS) is 10.4. The van der Waals surface area contributed by atoms with Crippen molar-refractivity contribution in [2.45, 2.75) is 40.8 Å². The van der Waals surface area contributed by atoms with Crippen molar-refractivity contribution in [1.82, 2.24) is 0 Å². The molecule has 0 heterocycles. The van der Waals surface area contributed by atoms with E-state index < -0.39 is 0 Å². The SMILES string of the molecule is C[Si](C)=[Zr+2].Cc1[cH-]c(C)c(C)c1C.c1ccc(-c2c[cH-]c3cc4ccccc4cc23)cc1. The molecule has 0 saturated carbocycles. The smallest absolute Gasteiger partial charge is 0.0370 e. The van der Waals surface area contributed by atoms with Crippen LogP contribution in [0.1, 0.15) is 22.3 Å². The van der Waals surface area contributed by atoms with Crippen LogP contribution >= 0.6 is 0 Å². The Bertz CT molecular complexity index is 1310. The predicted molar refractivity (Wildman–Crippen MR) is 141 cm³/mol. The van der Waals surface area contributed by atoms with E-state index in [1.807, 2.05) is 0 Å². The van der Waals surface area contributed by atoms with Gasteiger partial charge in [-0.25, -0.2) is 0 Å². The van der Waals surface area contributed by atoms with Gasteiger partial charge in [0.2, 0.25) is 0 Å². The maximum Gasteiger partial charge on any atom is -0.0370 e. The molecule has 0 aliphatic heterocycles. The standard InChI is InChI=1S/C19H13.C9H13.C2H6Si.Zr/c1-2-6-14(7-3-1)18-11-10-17-12-15-8-4-5-9-16(15)13-19(17)18;1-6-5-7(2)9(4)8(6)3;1-3-2;/h1-13H;5H,1-4H3;1-2H3;/q2*-1;;+2. The van der Waals surface area contributed by atoms with E-state index >= 15 is 0 Å². The average Bonchev–Trinajstić information content (AvgIpc) is 3.28. The number of hydrogen-bond acceptors (Lipinski definition) is 0. The van der Waals surface area contributed by atoms with Crippen molar-refractivity contribution >= 4 is 27.0 Å². The largest absolute Gasteiger partial charge is 0.196 e. The van der Waals surface area contributed by atoms with Gasteiger partial charge in [0.25, 0.3) is 0 Å². The number of aryl methyl sites for hydroxylation is 2. The third-order valence-corrected chi connectivity index (χ3v) is 5.90. The molecule has 0 fully saturated rings. The first-order valence-corrected chi connectivity index (χ1v) is 17.3. The molecule has 0 atom stereocenters. The van der Waals surface area contributed by atoms with Crippen molar-refractivity contribution in [2.75, 3.05) is 0 Å². The summed E-state index contributed by atoms with van der Waals surface area (Å²) in [4.78, 5) is 0. The third kappa shape index (κ3) is 6.06. The summed E-state index contributed by atoms with van der Waals surface area (Å²) in [5.74, 6) is 0. The van der Waals surface area contributed by atoms with Gasteiger partial charge < -0.3 is 0 Å². The van der Waals surface area contributed by atoms with Gasteiger partial charge >= 0.3 is 41.9 Å². The van der Waals surface area contributed by atoms with E-state index in [4.69, 9.17) is 0 Å². The minimum Gasteiger partial charge on any atom is -0.196 e. The van der Waals surface area contributed by atoms with Crippen LogP contribution in [0, 0.1) is 27.7 Å². The number of fused-ring (bicyclic) bond motifs is 2. The molecule has 5 aromatic carbocycles. The second-order valence-electron chi connectivity index (χ2n) is 8.66. The second-order valence-corrected chi connectivity index (χ2v) is 18.0. The fourth-order valence-corrected chi connectivity index (χ4v) is 3.89. The number of benzene rings is 3. The van der Waals surface area contributed by atoms with Crippen LogP contribution in [0.2, 0.25) is 13.1 Å². The predicted octanol–water partition coefficient (Wildman–Crippen LogP) is 8.80. The Balaban J connectivity index is 0.000000186. The molecule has 0 saturated heterocycles. The van der Waals surface area contributed by atoms with E-state index in [1.165, 1.54) is 54.9 Å². The molecule has 0 N–H and O–H groups in total. The first-order valence-electron chi connectivity index (χ1n) is 11.1. The Kier molecular flexibility index (Phi) is 8.63. The van der Waals surface area contributed by atoms with Crippen LogP contribution in [0.3, 0.4) is 0 Å². The van der Waals surface area contributed by atoms with Gasteiger partial charge in [-0.15, -0.1) is 34.5 Å². The molecular weight excluding hydrogens is 480 g/mol. The minimum atomic E-state index is 0.210. The third-order valence-electron chi connectivity index (χ3n) is 5.90. The average molecular weight is 512 g/mol. The zero-order valence-electron chi connectivity index (χ0n) is 20.1. The van der Waals surface area contributed by atoms with Crippen LogP contribution in [-0.4, -0.2) is 5.43 Å². The summed E-state index contributed by atoms with van der Waals surface area (Å²) < 4.78 is 0. The molecule has 0 aliphatic rings. The summed E-state index contributed by atoms with van der Waals surface area (Å²) in [5.41, 5.74) is 8.56. The van der Waals surface area contributed by atoms with Gasteiger partial charge in [-0.3, -0.25) is 0 Å². The molecular formula is C30H32SiZr. The van der Waals surface area contributed by atoms with Gasteiger partial charge in [-0.1, -0.05) is 99.3 Å². The van der Waals surface area contributed by atoms with Gasteiger partial charge in [0, 0.05) is 0 Å². The van der Waals surface area contributed by atoms with Crippen molar-refractivity contribution in [3.8, 4) is 11.1 Å².